The summed E-state index contributed by atoms with van der Waals surface area (Å²) in [4.78, 5) is 35.9. The van der Waals surface area contributed by atoms with E-state index < -0.39 is 17.6 Å². The van der Waals surface area contributed by atoms with Crippen LogP contribution in [0.5, 0.6) is 0 Å². The molecule has 0 bridgehead atoms. The van der Waals surface area contributed by atoms with Crippen LogP contribution >= 0.6 is 0 Å². The van der Waals surface area contributed by atoms with E-state index in [1.165, 1.54) is 6.33 Å². The number of aromatic amines is 1. The Morgan fingerprint density at radius 1 is 1.23 bits per heavy atom. The van der Waals surface area contributed by atoms with Crippen LogP contribution < -0.4 is 5.43 Å². The topological polar surface area (TPSA) is 157 Å². The molecule has 3 N–H and O–H groups in total. The SMILES string of the molecule is N#CCC(c1cccc(C(=O)N2CCOCC2)c1)C1(c2ncnc3[nH]ccc23)C=NNC1.O=C(O)C(F)(F)F. The van der Waals surface area contributed by atoms with Crippen LogP contribution in [-0.4, -0.2) is 82.1 Å². The highest BCUT2D eigenvalue weighted by atomic mass is 19.4. The molecule has 1 saturated heterocycles. The van der Waals surface area contributed by atoms with Gasteiger partial charge < -0.3 is 25.2 Å². The van der Waals surface area contributed by atoms with Gasteiger partial charge in [-0.2, -0.15) is 23.5 Å². The molecule has 14 heteroatoms. The Kier molecular flexibility index (Phi) is 8.10. The number of amides is 1. The molecule has 0 aliphatic carbocycles. The minimum atomic E-state index is -5.08. The number of rotatable bonds is 5. The van der Waals surface area contributed by atoms with Gasteiger partial charge in [0.1, 0.15) is 12.0 Å². The number of ether oxygens (including phenoxy) is 1. The van der Waals surface area contributed by atoms with E-state index in [1.54, 1.807) is 0 Å². The molecular weight excluding hydrogens is 519 g/mol. The zero-order chi connectivity index (χ0) is 28.0. The average Bonchev–Trinajstić information content (AvgIpc) is 3.62. The number of nitrogens with zero attached hydrogens (tertiary/aromatic N) is 5. The number of H-pyrrole nitrogens is 1. The zero-order valence-corrected chi connectivity index (χ0v) is 20.5. The number of carboxylic acid groups (broad SMARTS) is 1. The van der Waals surface area contributed by atoms with Crippen molar-refractivity contribution in [1.29, 1.82) is 5.26 Å². The van der Waals surface area contributed by atoms with E-state index in [0.29, 0.717) is 38.4 Å². The van der Waals surface area contributed by atoms with Gasteiger partial charge in [0.25, 0.3) is 5.91 Å². The first-order valence-corrected chi connectivity index (χ1v) is 11.9. The number of halogens is 3. The van der Waals surface area contributed by atoms with Crippen LogP contribution in [-0.2, 0) is 14.9 Å². The van der Waals surface area contributed by atoms with Gasteiger partial charge in [-0.25, -0.2) is 14.8 Å². The van der Waals surface area contributed by atoms with Crippen LogP contribution in [0.1, 0.15) is 34.0 Å². The number of carboxylic acids is 1. The monoisotopic (exact) mass is 543 g/mol. The molecule has 11 nitrogen and oxygen atoms in total. The number of carbonyl (C=O) groups excluding carboxylic acids is 1. The number of aliphatic carboxylic acids is 1. The summed E-state index contributed by atoms with van der Waals surface area (Å²) in [5.74, 6) is -3.03. The molecule has 2 unspecified atom stereocenters. The number of nitriles is 1. The predicted molar refractivity (Wildman–Crippen MR) is 132 cm³/mol. The van der Waals surface area contributed by atoms with Crippen molar-refractivity contribution in [2.24, 2.45) is 5.10 Å². The molecule has 1 aromatic carbocycles. The molecule has 204 valence electrons. The van der Waals surface area contributed by atoms with Crippen LogP contribution in [0.25, 0.3) is 11.0 Å². The number of nitrogens with one attached hydrogen (secondary N) is 2. The molecule has 3 aromatic rings. The van der Waals surface area contributed by atoms with Crippen molar-refractivity contribution >= 4 is 29.1 Å². The molecule has 1 amide bonds. The smallest absolute Gasteiger partial charge is 0.475 e. The number of carbonyl (C=O) groups is 2. The van der Waals surface area contributed by atoms with E-state index in [2.05, 4.69) is 31.5 Å². The third-order valence-electron chi connectivity index (χ3n) is 6.55. The summed E-state index contributed by atoms with van der Waals surface area (Å²) >= 11 is 0. The molecule has 5 rings (SSSR count). The van der Waals surface area contributed by atoms with E-state index in [0.717, 1.165) is 22.3 Å². The summed E-state index contributed by atoms with van der Waals surface area (Å²) in [6, 6.07) is 11.9. The van der Waals surface area contributed by atoms with E-state index >= 15 is 0 Å². The molecule has 2 atom stereocenters. The lowest BCUT2D eigenvalue weighted by Crippen LogP contribution is -2.41. The van der Waals surface area contributed by atoms with Crippen molar-refractivity contribution in [3.05, 3.63) is 59.7 Å². The van der Waals surface area contributed by atoms with Gasteiger partial charge in [-0.15, -0.1) is 0 Å². The van der Waals surface area contributed by atoms with Gasteiger partial charge in [0.15, 0.2) is 0 Å². The van der Waals surface area contributed by atoms with Crippen molar-refractivity contribution in [1.82, 2.24) is 25.3 Å². The van der Waals surface area contributed by atoms with Gasteiger partial charge >= 0.3 is 12.1 Å². The normalized spacial score (nSPS) is 19.5. The summed E-state index contributed by atoms with van der Waals surface area (Å²) in [5, 5.41) is 22.1. The Morgan fingerprint density at radius 3 is 2.62 bits per heavy atom. The second kappa shape index (κ2) is 11.5. The lowest BCUT2D eigenvalue weighted by atomic mass is 9.68. The second-order valence-corrected chi connectivity index (χ2v) is 8.84. The fourth-order valence-electron chi connectivity index (χ4n) is 4.68. The van der Waals surface area contributed by atoms with Crippen molar-refractivity contribution in [3.8, 4) is 6.07 Å². The number of benzene rings is 1. The summed E-state index contributed by atoms with van der Waals surface area (Å²) in [5.41, 5.74) is 5.48. The summed E-state index contributed by atoms with van der Waals surface area (Å²) in [6.45, 7) is 2.76. The fourth-order valence-corrected chi connectivity index (χ4v) is 4.68. The maximum atomic E-state index is 13.1. The van der Waals surface area contributed by atoms with Gasteiger partial charge in [0.05, 0.1) is 30.4 Å². The van der Waals surface area contributed by atoms with Gasteiger partial charge in [-0.3, -0.25) is 4.79 Å². The number of hydrogen-bond donors (Lipinski definition) is 3. The van der Waals surface area contributed by atoms with Crippen molar-refractivity contribution in [2.45, 2.75) is 23.9 Å². The van der Waals surface area contributed by atoms with Gasteiger partial charge in [-0.1, -0.05) is 12.1 Å². The highest BCUT2D eigenvalue weighted by Crippen LogP contribution is 2.43. The van der Waals surface area contributed by atoms with Crippen LogP contribution in [0.2, 0.25) is 0 Å². The quantitative estimate of drug-likeness (QED) is 0.443. The maximum absolute atomic E-state index is 13.1. The first kappa shape index (κ1) is 27.5. The molecule has 2 aliphatic heterocycles. The largest absolute Gasteiger partial charge is 0.490 e. The van der Waals surface area contributed by atoms with Crippen molar-refractivity contribution in [3.63, 3.8) is 0 Å². The molecule has 0 saturated carbocycles. The second-order valence-electron chi connectivity index (χ2n) is 8.84. The molecular formula is C25H24F3N7O4. The lowest BCUT2D eigenvalue weighted by molar-refractivity contribution is -0.192. The minimum Gasteiger partial charge on any atom is -0.475 e. The zero-order valence-electron chi connectivity index (χ0n) is 20.5. The highest BCUT2D eigenvalue weighted by molar-refractivity contribution is 5.94. The van der Waals surface area contributed by atoms with Crippen LogP contribution in [0.4, 0.5) is 13.2 Å². The maximum Gasteiger partial charge on any atom is 0.490 e. The van der Waals surface area contributed by atoms with E-state index in [-0.39, 0.29) is 18.2 Å². The summed E-state index contributed by atoms with van der Waals surface area (Å²) < 4.78 is 37.1. The standard InChI is InChI=1S/C23H23N7O2.C2HF3O2/c24-6-4-19(16-2-1-3-17(12-16)22(31)30-8-10-32-11-9-30)23(13-28-29-14-23)20-18-5-7-25-21(18)27-15-26-20;3-2(4,5)1(6)7/h1-3,5,7,12-13,15,19,29H,4,8-11,14H2,(H,25,26,27);(H,6,7). The molecule has 2 aliphatic rings. The highest BCUT2D eigenvalue weighted by Gasteiger charge is 2.45. The molecule has 0 spiro atoms. The van der Waals surface area contributed by atoms with E-state index in [1.807, 2.05) is 47.6 Å². The van der Waals surface area contributed by atoms with Crippen LogP contribution in [0.3, 0.4) is 0 Å². The third-order valence-corrected chi connectivity index (χ3v) is 6.55. The number of aromatic nitrogens is 3. The van der Waals surface area contributed by atoms with Crippen molar-refractivity contribution in [2.75, 3.05) is 32.8 Å². The Hall–Kier alpha value is -4.51. The molecule has 2 aromatic heterocycles. The number of alkyl halides is 3. The lowest BCUT2D eigenvalue weighted by Gasteiger charge is -2.34. The predicted octanol–water partition coefficient (Wildman–Crippen LogP) is 2.59. The first-order valence-electron chi connectivity index (χ1n) is 11.9. The number of fused-ring (bicyclic) bond motifs is 1. The van der Waals surface area contributed by atoms with Gasteiger partial charge in [0.2, 0.25) is 0 Å². The number of morpholine rings is 1. The van der Waals surface area contributed by atoms with E-state index in [9.17, 15) is 23.2 Å². The Morgan fingerprint density at radius 2 is 1.97 bits per heavy atom. The fraction of sp³-hybridized carbons (Fsp3) is 0.360. The molecule has 0 radical (unpaired) electrons. The summed E-state index contributed by atoms with van der Waals surface area (Å²) in [7, 11) is 0. The van der Waals surface area contributed by atoms with Crippen LogP contribution in [0.15, 0.2) is 48.0 Å². The Bertz CT molecular complexity index is 1410. The molecule has 4 heterocycles. The first-order chi connectivity index (χ1) is 18.7. The van der Waals surface area contributed by atoms with Gasteiger partial charge in [-0.05, 0) is 23.8 Å². The van der Waals surface area contributed by atoms with Gasteiger partial charge in [0, 0.05) is 55.3 Å². The Balaban J connectivity index is 0.000000448. The third kappa shape index (κ3) is 5.83. The van der Waals surface area contributed by atoms with Crippen molar-refractivity contribution < 1.29 is 32.6 Å². The average molecular weight is 544 g/mol. The Labute approximate surface area is 220 Å². The molecule has 1 fully saturated rings. The molecule has 39 heavy (non-hydrogen) atoms. The van der Waals surface area contributed by atoms with E-state index in [4.69, 9.17) is 14.6 Å². The summed E-state index contributed by atoms with van der Waals surface area (Å²) in [6.07, 6.45) is 0.375. The minimum absolute atomic E-state index is 0.0202. The number of hydrogen-bond acceptors (Lipinski definition) is 8. The van der Waals surface area contributed by atoms with Crippen LogP contribution in [0, 0.1) is 11.3 Å². The number of hydrazone groups is 1.